The van der Waals surface area contributed by atoms with Crippen LogP contribution in [-0.4, -0.2) is 12.6 Å². The van der Waals surface area contributed by atoms with Crippen LogP contribution in [0.15, 0.2) is 30.3 Å². The fraction of sp³-hybridized carbons (Fsp3) is 0.571. The number of hydrogen-bond acceptors (Lipinski definition) is 2. The average Bonchev–Trinajstić information content (AvgIpc) is 2.72. The van der Waals surface area contributed by atoms with E-state index in [2.05, 4.69) is 0 Å². The summed E-state index contributed by atoms with van der Waals surface area (Å²) in [5.41, 5.74) is 6.03. The molecule has 1 saturated carbocycles. The Labute approximate surface area is 97.8 Å². The molecule has 1 aromatic carbocycles. The first-order valence-electron chi connectivity index (χ1n) is 6.29. The maximum atomic E-state index is 6.03. The minimum absolute atomic E-state index is 0.441. The van der Waals surface area contributed by atoms with Gasteiger partial charge >= 0.3 is 0 Å². The van der Waals surface area contributed by atoms with E-state index < -0.39 is 0 Å². The largest absolute Gasteiger partial charge is 0.494 e. The first-order chi connectivity index (χ1) is 7.86. The first-order valence-corrected chi connectivity index (χ1v) is 6.29. The number of nitrogens with two attached hydrogens (primary N) is 1. The molecule has 1 aliphatic rings. The molecule has 0 amide bonds. The highest BCUT2D eigenvalue weighted by molar-refractivity contribution is 5.20. The Morgan fingerprint density at radius 1 is 1.19 bits per heavy atom. The van der Waals surface area contributed by atoms with E-state index in [1.807, 2.05) is 30.3 Å². The molecule has 2 heteroatoms. The molecule has 2 unspecified atom stereocenters. The molecule has 0 heterocycles. The second-order valence-electron chi connectivity index (χ2n) is 4.66. The lowest BCUT2D eigenvalue weighted by Crippen LogP contribution is -2.24. The van der Waals surface area contributed by atoms with Crippen molar-refractivity contribution in [2.45, 2.75) is 38.1 Å². The van der Waals surface area contributed by atoms with Crippen molar-refractivity contribution in [2.24, 2.45) is 11.7 Å². The third kappa shape index (κ3) is 3.24. The van der Waals surface area contributed by atoms with Crippen molar-refractivity contribution in [3.05, 3.63) is 30.3 Å². The van der Waals surface area contributed by atoms with Crippen molar-refractivity contribution in [1.82, 2.24) is 0 Å². The van der Waals surface area contributed by atoms with Gasteiger partial charge in [0.1, 0.15) is 5.75 Å². The van der Waals surface area contributed by atoms with Crippen LogP contribution in [0.2, 0.25) is 0 Å². The van der Waals surface area contributed by atoms with Gasteiger partial charge in [0.15, 0.2) is 0 Å². The summed E-state index contributed by atoms with van der Waals surface area (Å²) in [7, 11) is 0. The number of benzene rings is 1. The summed E-state index contributed by atoms with van der Waals surface area (Å²) in [5.74, 6) is 1.71. The standard InChI is InChI=1S/C14H21NO/c15-14-10-4-6-12(14)7-5-11-16-13-8-2-1-3-9-13/h1-3,8-9,12,14H,4-7,10-11,15H2. The van der Waals surface area contributed by atoms with E-state index >= 15 is 0 Å². The highest BCUT2D eigenvalue weighted by Gasteiger charge is 2.22. The van der Waals surface area contributed by atoms with Crippen molar-refractivity contribution < 1.29 is 4.74 Å². The van der Waals surface area contributed by atoms with Gasteiger partial charge in [-0.25, -0.2) is 0 Å². The third-order valence-electron chi connectivity index (χ3n) is 3.45. The average molecular weight is 219 g/mol. The lowest BCUT2D eigenvalue weighted by atomic mass is 9.99. The Kier molecular flexibility index (Phi) is 4.23. The van der Waals surface area contributed by atoms with E-state index in [0.717, 1.165) is 24.7 Å². The van der Waals surface area contributed by atoms with Crippen molar-refractivity contribution >= 4 is 0 Å². The molecule has 88 valence electrons. The number of para-hydroxylation sites is 1. The molecule has 0 aliphatic heterocycles. The highest BCUT2D eigenvalue weighted by Crippen LogP contribution is 2.27. The molecule has 0 bridgehead atoms. The van der Waals surface area contributed by atoms with Crippen molar-refractivity contribution in [2.75, 3.05) is 6.61 Å². The molecule has 2 N–H and O–H groups in total. The Hall–Kier alpha value is -1.02. The monoisotopic (exact) mass is 219 g/mol. The Balaban J connectivity index is 1.62. The van der Waals surface area contributed by atoms with Crippen LogP contribution in [0.4, 0.5) is 0 Å². The quantitative estimate of drug-likeness (QED) is 0.773. The first kappa shape index (κ1) is 11.5. The molecule has 0 radical (unpaired) electrons. The topological polar surface area (TPSA) is 35.2 Å². The van der Waals surface area contributed by atoms with Gasteiger partial charge in [0.05, 0.1) is 6.61 Å². The van der Waals surface area contributed by atoms with Gasteiger partial charge in [-0.2, -0.15) is 0 Å². The van der Waals surface area contributed by atoms with E-state index in [4.69, 9.17) is 10.5 Å². The van der Waals surface area contributed by atoms with Crippen LogP contribution in [0, 0.1) is 5.92 Å². The SMILES string of the molecule is NC1CCCC1CCCOc1ccccc1. The zero-order valence-corrected chi connectivity index (χ0v) is 9.77. The number of hydrogen-bond donors (Lipinski definition) is 1. The van der Waals surface area contributed by atoms with Crippen molar-refractivity contribution in [1.29, 1.82) is 0 Å². The van der Waals surface area contributed by atoms with Crippen LogP contribution in [0.1, 0.15) is 32.1 Å². The third-order valence-corrected chi connectivity index (χ3v) is 3.45. The summed E-state index contributed by atoms with van der Waals surface area (Å²) in [6.45, 7) is 0.813. The van der Waals surface area contributed by atoms with Crippen LogP contribution in [0.3, 0.4) is 0 Å². The van der Waals surface area contributed by atoms with E-state index in [9.17, 15) is 0 Å². The van der Waals surface area contributed by atoms with Gasteiger partial charge in [0, 0.05) is 6.04 Å². The minimum Gasteiger partial charge on any atom is -0.494 e. The predicted octanol–water partition coefficient (Wildman–Crippen LogP) is 2.97. The van der Waals surface area contributed by atoms with Crippen molar-refractivity contribution in [3.8, 4) is 5.75 Å². The second-order valence-corrected chi connectivity index (χ2v) is 4.66. The zero-order valence-electron chi connectivity index (χ0n) is 9.77. The second kappa shape index (κ2) is 5.90. The molecule has 0 spiro atoms. The predicted molar refractivity (Wildman–Crippen MR) is 66.5 cm³/mol. The smallest absolute Gasteiger partial charge is 0.119 e. The van der Waals surface area contributed by atoms with Crippen LogP contribution in [0.25, 0.3) is 0 Å². The van der Waals surface area contributed by atoms with Gasteiger partial charge < -0.3 is 10.5 Å². The molecule has 16 heavy (non-hydrogen) atoms. The molecular formula is C14H21NO. The molecule has 2 nitrogen and oxygen atoms in total. The van der Waals surface area contributed by atoms with Crippen LogP contribution in [0.5, 0.6) is 5.75 Å². The van der Waals surface area contributed by atoms with E-state index in [-0.39, 0.29) is 0 Å². The summed E-state index contributed by atoms with van der Waals surface area (Å²) >= 11 is 0. The summed E-state index contributed by atoms with van der Waals surface area (Å²) < 4.78 is 5.66. The molecule has 1 fully saturated rings. The summed E-state index contributed by atoms with van der Waals surface area (Å²) in [5, 5.41) is 0. The van der Waals surface area contributed by atoms with E-state index in [1.54, 1.807) is 0 Å². The lowest BCUT2D eigenvalue weighted by Gasteiger charge is -2.14. The summed E-state index contributed by atoms with van der Waals surface area (Å²) in [6.07, 6.45) is 6.17. The van der Waals surface area contributed by atoms with Crippen LogP contribution in [-0.2, 0) is 0 Å². The van der Waals surface area contributed by atoms with Gasteiger partial charge in [0.25, 0.3) is 0 Å². The minimum atomic E-state index is 0.441. The van der Waals surface area contributed by atoms with Crippen molar-refractivity contribution in [3.63, 3.8) is 0 Å². The summed E-state index contributed by atoms with van der Waals surface area (Å²) in [4.78, 5) is 0. The fourth-order valence-corrected chi connectivity index (χ4v) is 2.48. The molecular weight excluding hydrogens is 198 g/mol. The summed E-state index contributed by atoms with van der Waals surface area (Å²) in [6, 6.07) is 10.5. The Morgan fingerprint density at radius 2 is 2.00 bits per heavy atom. The highest BCUT2D eigenvalue weighted by atomic mass is 16.5. The zero-order chi connectivity index (χ0) is 11.2. The normalized spacial score (nSPS) is 24.6. The molecule has 1 aromatic rings. The molecule has 0 saturated heterocycles. The Bertz CT molecular complexity index is 299. The molecule has 1 aliphatic carbocycles. The van der Waals surface area contributed by atoms with Gasteiger partial charge in [-0.15, -0.1) is 0 Å². The van der Waals surface area contributed by atoms with Crippen LogP contribution >= 0.6 is 0 Å². The maximum Gasteiger partial charge on any atom is 0.119 e. The molecule has 2 rings (SSSR count). The Morgan fingerprint density at radius 3 is 2.69 bits per heavy atom. The lowest BCUT2D eigenvalue weighted by molar-refractivity contribution is 0.288. The van der Waals surface area contributed by atoms with Gasteiger partial charge in [-0.1, -0.05) is 24.6 Å². The van der Waals surface area contributed by atoms with Gasteiger partial charge in [-0.3, -0.25) is 0 Å². The van der Waals surface area contributed by atoms with E-state index in [0.29, 0.717) is 6.04 Å². The van der Waals surface area contributed by atoms with E-state index in [1.165, 1.54) is 25.7 Å². The fourth-order valence-electron chi connectivity index (χ4n) is 2.48. The molecule has 2 atom stereocenters. The maximum absolute atomic E-state index is 6.03. The van der Waals surface area contributed by atoms with Crippen LogP contribution < -0.4 is 10.5 Å². The molecule has 0 aromatic heterocycles. The number of ether oxygens (including phenoxy) is 1. The number of rotatable bonds is 5. The van der Waals surface area contributed by atoms with Gasteiger partial charge in [0.2, 0.25) is 0 Å². The van der Waals surface area contributed by atoms with Gasteiger partial charge in [-0.05, 0) is 43.7 Å².